The van der Waals surface area contributed by atoms with Crippen LogP contribution in [0.25, 0.3) is 6.08 Å². The molecule has 1 aliphatic rings. The van der Waals surface area contributed by atoms with Crippen LogP contribution in [0.5, 0.6) is 0 Å². The Hall–Kier alpha value is -0.970. The number of fused-ring (bicyclic) bond motifs is 1. The van der Waals surface area contributed by atoms with Crippen LogP contribution in [0.3, 0.4) is 0 Å². The zero-order valence-corrected chi connectivity index (χ0v) is 18.6. The Kier molecular flexibility index (Phi) is 8.91. The van der Waals surface area contributed by atoms with Crippen LogP contribution in [0.1, 0.15) is 18.4 Å². The highest BCUT2D eigenvalue weighted by Gasteiger charge is 2.36. The number of primary sulfonamides is 1. The number of methoxy groups -OCH3 is 2. The van der Waals surface area contributed by atoms with Gasteiger partial charge in [-0.25, -0.2) is 17.4 Å². The Morgan fingerprint density at radius 2 is 2.04 bits per heavy atom. The SMILES string of the molecule is COCCN(CCCC#N)C[N+]1(CCOC)C=Cc2cc(S(N)(=O)=O)sc2S1. The maximum Gasteiger partial charge on any atom is 0.247 e. The second kappa shape index (κ2) is 10.7. The van der Waals surface area contributed by atoms with E-state index < -0.39 is 10.0 Å². The zero-order valence-electron chi connectivity index (χ0n) is 16.2. The molecule has 2 rings (SSSR count). The topological polar surface area (TPSA) is 106 Å². The van der Waals surface area contributed by atoms with Crippen molar-refractivity contribution in [2.75, 3.05) is 53.7 Å². The molecule has 1 aromatic heterocycles. The van der Waals surface area contributed by atoms with Crippen LogP contribution >= 0.6 is 23.3 Å². The van der Waals surface area contributed by atoms with E-state index in [2.05, 4.69) is 17.2 Å². The van der Waals surface area contributed by atoms with Gasteiger partial charge in [-0.05, 0) is 12.5 Å². The van der Waals surface area contributed by atoms with Crippen molar-refractivity contribution in [3.8, 4) is 6.07 Å². The molecule has 0 radical (unpaired) electrons. The summed E-state index contributed by atoms with van der Waals surface area (Å²) in [6.07, 6.45) is 5.34. The van der Waals surface area contributed by atoms with Crippen LogP contribution in [0.4, 0.5) is 0 Å². The molecular weight excluding hydrogens is 420 g/mol. The summed E-state index contributed by atoms with van der Waals surface area (Å²) >= 11 is 2.80. The van der Waals surface area contributed by atoms with Crippen LogP contribution in [-0.2, 0) is 19.5 Å². The maximum atomic E-state index is 11.7. The van der Waals surface area contributed by atoms with E-state index in [0.29, 0.717) is 30.2 Å². The Morgan fingerprint density at radius 1 is 1.29 bits per heavy atom. The number of nitriles is 1. The minimum atomic E-state index is -3.72. The fraction of sp³-hybridized carbons (Fsp3) is 0.588. The molecule has 0 spiro atoms. The fourth-order valence-electron chi connectivity index (χ4n) is 2.81. The lowest BCUT2D eigenvalue weighted by Gasteiger charge is -2.37. The Labute approximate surface area is 175 Å². The molecule has 1 aromatic rings. The van der Waals surface area contributed by atoms with Crippen molar-refractivity contribution in [3.05, 3.63) is 17.8 Å². The molecule has 2 heterocycles. The second-order valence-corrected chi connectivity index (χ2v) is 10.9. The molecule has 0 saturated carbocycles. The van der Waals surface area contributed by atoms with Crippen LogP contribution in [-0.4, -0.2) is 70.9 Å². The number of hydrogen-bond acceptors (Lipinski definition) is 8. The molecule has 1 aliphatic heterocycles. The molecule has 0 saturated heterocycles. The first-order chi connectivity index (χ1) is 13.3. The summed E-state index contributed by atoms with van der Waals surface area (Å²) in [4.78, 5) is 2.27. The van der Waals surface area contributed by atoms with Crippen LogP contribution in [0, 0.1) is 11.3 Å². The highest BCUT2D eigenvalue weighted by Crippen LogP contribution is 2.44. The fourth-order valence-corrected chi connectivity index (χ4v) is 6.52. The summed E-state index contributed by atoms with van der Waals surface area (Å²) in [5.41, 5.74) is 0.873. The standard InChI is InChI=1S/C17H27N4O4S3/c1-24-11-8-20(7-4-3-6-18)14-21(10-12-25-2)9-5-15-13-16(28(19,22)23)26-17(15)27-21/h5,9,13H,3-4,7-8,10-12,14H2,1-2H3,(H2,19,22,23)/q+1. The summed E-state index contributed by atoms with van der Waals surface area (Å²) in [6, 6.07) is 3.81. The van der Waals surface area contributed by atoms with E-state index in [1.165, 1.54) is 11.3 Å². The van der Waals surface area contributed by atoms with Crippen LogP contribution < -0.4 is 5.14 Å². The quantitative estimate of drug-likeness (QED) is 0.297. The highest BCUT2D eigenvalue weighted by atomic mass is 32.3. The average Bonchev–Trinajstić information content (AvgIpc) is 3.08. The molecule has 8 nitrogen and oxygen atoms in total. The first-order valence-corrected chi connectivity index (χ1v) is 12.0. The summed E-state index contributed by atoms with van der Waals surface area (Å²) in [5.74, 6) is 0. The number of sulfonamides is 1. The molecule has 0 aliphatic carbocycles. The van der Waals surface area contributed by atoms with E-state index in [-0.39, 0.29) is 4.21 Å². The largest absolute Gasteiger partial charge is 0.383 e. The van der Waals surface area contributed by atoms with E-state index in [4.69, 9.17) is 19.9 Å². The summed E-state index contributed by atoms with van der Waals surface area (Å²) < 4.78 is 35.6. The van der Waals surface area contributed by atoms with Gasteiger partial charge in [-0.15, -0.1) is 11.3 Å². The monoisotopic (exact) mass is 447 g/mol. The van der Waals surface area contributed by atoms with Crippen LogP contribution in [0.2, 0.25) is 0 Å². The van der Waals surface area contributed by atoms with Gasteiger partial charge in [0.1, 0.15) is 33.1 Å². The molecule has 0 amide bonds. The van der Waals surface area contributed by atoms with E-state index in [1.54, 1.807) is 32.2 Å². The number of rotatable bonds is 12. The summed E-state index contributed by atoms with van der Waals surface area (Å²) in [6.45, 7) is 4.13. The Balaban J connectivity index is 2.23. The van der Waals surface area contributed by atoms with E-state index >= 15 is 0 Å². The predicted molar refractivity (Wildman–Crippen MR) is 111 cm³/mol. The predicted octanol–water partition coefficient (Wildman–Crippen LogP) is 2.06. The minimum Gasteiger partial charge on any atom is -0.383 e. The van der Waals surface area contributed by atoms with Gasteiger partial charge in [0, 0.05) is 45.4 Å². The van der Waals surface area contributed by atoms with Gasteiger partial charge in [0.25, 0.3) is 0 Å². The van der Waals surface area contributed by atoms with Gasteiger partial charge in [0.05, 0.1) is 19.3 Å². The normalized spacial score (nSPS) is 19.0. The van der Waals surface area contributed by atoms with Crippen molar-refractivity contribution in [2.45, 2.75) is 21.3 Å². The minimum absolute atomic E-state index is 0.173. The third-order valence-electron chi connectivity index (χ3n) is 4.26. The van der Waals surface area contributed by atoms with Gasteiger partial charge in [-0.1, -0.05) is 0 Å². The molecule has 28 heavy (non-hydrogen) atoms. The van der Waals surface area contributed by atoms with Gasteiger partial charge >= 0.3 is 0 Å². The molecular formula is C17H27N4O4S3+. The van der Waals surface area contributed by atoms with E-state index in [0.717, 1.165) is 35.8 Å². The van der Waals surface area contributed by atoms with Gasteiger partial charge in [-0.2, -0.15) is 5.26 Å². The molecule has 11 heteroatoms. The third-order valence-corrected chi connectivity index (χ3v) is 8.29. The lowest BCUT2D eigenvalue weighted by Crippen LogP contribution is -2.48. The number of thiophene rings is 1. The number of ether oxygens (including phenoxy) is 2. The van der Waals surface area contributed by atoms with Crippen molar-refractivity contribution >= 4 is 39.4 Å². The van der Waals surface area contributed by atoms with E-state index in [9.17, 15) is 8.42 Å². The molecule has 0 bridgehead atoms. The lowest BCUT2D eigenvalue weighted by atomic mass is 10.3. The van der Waals surface area contributed by atoms with Gasteiger partial charge in [0.15, 0.2) is 6.67 Å². The molecule has 0 fully saturated rings. The number of quaternary nitrogens is 1. The lowest BCUT2D eigenvalue weighted by molar-refractivity contribution is -0.754. The number of nitrogens with two attached hydrogens (primary N) is 1. The second-order valence-electron chi connectivity index (χ2n) is 6.44. The third kappa shape index (κ3) is 6.53. The Bertz CT molecular complexity index is 819. The molecule has 2 N–H and O–H groups in total. The maximum absolute atomic E-state index is 11.7. The number of nitrogens with zero attached hydrogens (tertiary/aromatic N) is 3. The number of unbranched alkanes of at least 4 members (excludes halogenated alkanes) is 1. The Morgan fingerprint density at radius 3 is 2.68 bits per heavy atom. The summed E-state index contributed by atoms with van der Waals surface area (Å²) in [5, 5.41) is 14.1. The molecule has 0 aromatic carbocycles. The van der Waals surface area contributed by atoms with Crippen molar-refractivity contribution in [3.63, 3.8) is 0 Å². The van der Waals surface area contributed by atoms with Crippen molar-refractivity contribution in [1.82, 2.24) is 4.90 Å². The van der Waals surface area contributed by atoms with Gasteiger partial charge in [0.2, 0.25) is 10.0 Å². The average molecular weight is 448 g/mol. The number of hydrogen-bond donors (Lipinski definition) is 1. The van der Waals surface area contributed by atoms with Crippen molar-refractivity contribution in [2.24, 2.45) is 5.14 Å². The first-order valence-electron chi connectivity index (χ1n) is 8.83. The zero-order chi connectivity index (χ0) is 20.6. The van der Waals surface area contributed by atoms with E-state index in [1.807, 2.05) is 6.08 Å². The highest BCUT2D eigenvalue weighted by molar-refractivity contribution is 7.97. The van der Waals surface area contributed by atoms with Crippen molar-refractivity contribution < 1.29 is 21.8 Å². The smallest absolute Gasteiger partial charge is 0.247 e. The van der Waals surface area contributed by atoms with Gasteiger partial charge < -0.3 is 9.47 Å². The molecule has 156 valence electrons. The van der Waals surface area contributed by atoms with Crippen LogP contribution in [0.15, 0.2) is 20.7 Å². The van der Waals surface area contributed by atoms with Crippen molar-refractivity contribution in [1.29, 1.82) is 5.26 Å². The summed E-state index contributed by atoms with van der Waals surface area (Å²) in [7, 11) is -0.381. The first kappa shape index (κ1) is 23.3. The molecule has 1 atom stereocenters. The van der Waals surface area contributed by atoms with Gasteiger partial charge in [-0.3, -0.25) is 4.90 Å². The molecule has 1 unspecified atom stereocenters.